The molecule has 1 aromatic rings. The van der Waals surface area contributed by atoms with Crippen molar-refractivity contribution >= 4 is 17.5 Å². The summed E-state index contributed by atoms with van der Waals surface area (Å²) in [5.74, 6) is -0.0189. The van der Waals surface area contributed by atoms with E-state index in [2.05, 4.69) is 5.32 Å². The fraction of sp³-hybridized carbons (Fsp3) is 0.467. The van der Waals surface area contributed by atoms with Crippen molar-refractivity contribution in [1.29, 1.82) is 0 Å². The molecular formula is C15H21N3O2. The molecule has 1 aromatic carbocycles. The third kappa shape index (κ3) is 3.17. The lowest BCUT2D eigenvalue weighted by Crippen LogP contribution is -2.39. The Morgan fingerprint density at radius 2 is 2.15 bits per heavy atom. The van der Waals surface area contributed by atoms with Gasteiger partial charge in [-0.15, -0.1) is 0 Å². The Morgan fingerprint density at radius 1 is 1.40 bits per heavy atom. The van der Waals surface area contributed by atoms with Crippen molar-refractivity contribution in [3.8, 4) is 0 Å². The second-order valence-electron chi connectivity index (χ2n) is 5.26. The summed E-state index contributed by atoms with van der Waals surface area (Å²) in [5, 5.41) is 2.86. The molecule has 0 spiro atoms. The van der Waals surface area contributed by atoms with E-state index in [0.29, 0.717) is 6.42 Å². The molecule has 0 bridgehead atoms. The molecule has 5 heteroatoms. The van der Waals surface area contributed by atoms with Crippen LogP contribution in [0.4, 0.5) is 5.69 Å². The van der Waals surface area contributed by atoms with Gasteiger partial charge in [0.1, 0.15) is 0 Å². The molecular weight excluding hydrogens is 254 g/mol. The van der Waals surface area contributed by atoms with Gasteiger partial charge in [-0.1, -0.05) is 12.1 Å². The third-order valence-corrected chi connectivity index (χ3v) is 3.53. The van der Waals surface area contributed by atoms with Crippen LogP contribution in [0.25, 0.3) is 0 Å². The largest absolute Gasteiger partial charge is 0.348 e. The first kappa shape index (κ1) is 14.5. The fourth-order valence-electron chi connectivity index (χ4n) is 2.31. The summed E-state index contributed by atoms with van der Waals surface area (Å²) in [4.78, 5) is 25.2. The second kappa shape index (κ2) is 6.05. The van der Waals surface area contributed by atoms with Crippen LogP contribution >= 0.6 is 0 Å². The van der Waals surface area contributed by atoms with Crippen LogP contribution in [-0.2, 0) is 9.59 Å². The molecule has 20 heavy (non-hydrogen) atoms. The van der Waals surface area contributed by atoms with Gasteiger partial charge in [0.2, 0.25) is 11.8 Å². The van der Waals surface area contributed by atoms with Crippen LogP contribution in [0.15, 0.2) is 24.3 Å². The molecule has 1 unspecified atom stereocenters. The van der Waals surface area contributed by atoms with Gasteiger partial charge in [0, 0.05) is 18.7 Å². The van der Waals surface area contributed by atoms with E-state index in [0.717, 1.165) is 24.2 Å². The molecule has 2 amide bonds. The predicted molar refractivity (Wildman–Crippen MR) is 78.2 cm³/mol. The van der Waals surface area contributed by atoms with Gasteiger partial charge in [0.25, 0.3) is 0 Å². The molecule has 5 nitrogen and oxygen atoms in total. The molecule has 108 valence electrons. The van der Waals surface area contributed by atoms with Crippen molar-refractivity contribution in [1.82, 2.24) is 5.32 Å². The van der Waals surface area contributed by atoms with E-state index in [-0.39, 0.29) is 17.9 Å². The Hall–Kier alpha value is -1.88. The van der Waals surface area contributed by atoms with Gasteiger partial charge in [0.05, 0.1) is 12.1 Å². The highest BCUT2D eigenvalue weighted by Crippen LogP contribution is 2.24. The first-order valence-electron chi connectivity index (χ1n) is 6.95. The number of hydrogen-bond acceptors (Lipinski definition) is 3. The highest BCUT2D eigenvalue weighted by Gasteiger charge is 2.22. The minimum absolute atomic E-state index is 0.133. The highest BCUT2D eigenvalue weighted by atomic mass is 16.2. The van der Waals surface area contributed by atoms with Gasteiger partial charge in [-0.3, -0.25) is 9.59 Å². The zero-order chi connectivity index (χ0) is 14.7. The number of anilines is 1. The topological polar surface area (TPSA) is 75.4 Å². The van der Waals surface area contributed by atoms with Crippen molar-refractivity contribution in [2.45, 2.75) is 38.8 Å². The molecule has 2 rings (SSSR count). The van der Waals surface area contributed by atoms with Gasteiger partial charge >= 0.3 is 0 Å². The molecule has 2 atom stereocenters. The number of nitrogens with zero attached hydrogens (tertiary/aromatic N) is 1. The first-order chi connectivity index (χ1) is 9.49. The second-order valence-corrected chi connectivity index (χ2v) is 5.26. The van der Waals surface area contributed by atoms with E-state index >= 15 is 0 Å². The van der Waals surface area contributed by atoms with Crippen LogP contribution < -0.4 is 16.0 Å². The summed E-state index contributed by atoms with van der Waals surface area (Å²) in [6.45, 7) is 4.33. The van der Waals surface area contributed by atoms with Gasteiger partial charge in [0.15, 0.2) is 0 Å². The molecule has 1 saturated heterocycles. The van der Waals surface area contributed by atoms with Crippen LogP contribution in [0.1, 0.15) is 38.3 Å². The number of carbonyl (C=O) groups excluding carboxylic acids is 2. The molecule has 1 fully saturated rings. The maximum absolute atomic E-state index is 11.8. The zero-order valence-electron chi connectivity index (χ0n) is 11.9. The third-order valence-electron chi connectivity index (χ3n) is 3.53. The van der Waals surface area contributed by atoms with E-state index in [1.54, 1.807) is 11.8 Å². The van der Waals surface area contributed by atoms with Crippen LogP contribution in [0.5, 0.6) is 0 Å². The zero-order valence-corrected chi connectivity index (χ0v) is 11.9. The fourth-order valence-corrected chi connectivity index (χ4v) is 2.31. The molecule has 1 aliphatic heterocycles. The van der Waals surface area contributed by atoms with Crippen LogP contribution in [0.3, 0.4) is 0 Å². The number of nitrogens with one attached hydrogen (secondary N) is 1. The average Bonchev–Trinajstić information content (AvgIpc) is 2.85. The number of amides is 2. The number of carbonyl (C=O) groups is 2. The Kier molecular flexibility index (Phi) is 4.39. The van der Waals surface area contributed by atoms with Crippen LogP contribution in [0.2, 0.25) is 0 Å². The van der Waals surface area contributed by atoms with E-state index in [9.17, 15) is 9.59 Å². The van der Waals surface area contributed by atoms with Gasteiger partial charge < -0.3 is 16.0 Å². The minimum Gasteiger partial charge on any atom is -0.348 e. The van der Waals surface area contributed by atoms with Gasteiger partial charge in [-0.05, 0) is 38.0 Å². The minimum atomic E-state index is -0.527. The highest BCUT2D eigenvalue weighted by molar-refractivity contribution is 5.95. The number of hydrogen-bond donors (Lipinski definition) is 2. The summed E-state index contributed by atoms with van der Waals surface area (Å²) >= 11 is 0. The lowest BCUT2D eigenvalue weighted by Gasteiger charge is -2.20. The van der Waals surface area contributed by atoms with Crippen LogP contribution in [0, 0.1) is 0 Å². The molecule has 1 aliphatic rings. The van der Waals surface area contributed by atoms with Crippen molar-refractivity contribution < 1.29 is 9.59 Å². The van der Waals surface area contributed by atoms with Crippen LogP contribution in [-0.4, -0.2) is 24.4 Å². The van der Waals surface area contributed by atoms with E-state index in [1.807, 2.05) is 31.2 Å². The van der Waals surface area contributed by atoms with Crippen molar-refractivity contribution in [3.05, 3.63) is 29.8 Å². The summed E-state index contributed by atoms with van der Waals surface area (Å²) in [6, 6.07) is 7.07. The number of benzene rings is 1. The van der Waals surface area contributed by atoms with Gasteiger partial charge in [-0.25, -0.2) is 0 Å². The number of nitrogens with two attached hydrogens (primary N) is 1. The smallest absolute Gasteiger partial charge is 0.237 e. The van der Waals surface area contributed by atoms with E-state index in [1.165, 1.54) is 0 Å². The Balaban J connectivity index is 2.13. The van der Waals surface area contributed by atoms with E-state index in [4.69, 9.17) is 5.73 Å². The summed E-state index contributed by atoms with van der Waals surface area (Å²) in [7, 11) is 0. The summed E-state index contributed by atoms with van der Waals surface area (Å²) in [6.07, 6.45) is 1.52. The van der Waals surface area contributed by atoms with Crippen molar-refractivity contribution in [2.24, 2.45) is 5.73 Å². The summed E-state index contributed by atoms with van der Waals surface area (Å²) < 4.78 is 0. The Bertz CT molecular complexity index is 514. The summed E-state index contributed by atoms with van der Waals surface area (Å²) in [5.41, 5.74) is 7.41. The van der Waals surface area contributed by atoms with Crippen molar-refractivity contribution in [3.63, 3.8) is 0 Å². The Labute approximate surface area is 119 Å². The predicted octanol–water partition coefficient (Wildman–Crippen LogP) is 1.34. The molecule has 0 saturated carbocycles. The quantitative estimate of drug-likeness (QED) is 0.870. The lowest BCUT2D eigenvalue weighted by molar-refractivity contribution is -0.122. The molecule has 0 aliphatic carbocycles. The maximum atomic E-state index is 11.8. The standard InChI is InChI=1S/C15H21N3O2/c1-10(16)15(20)17-11(2)12-5-3-6-13(9-12)18-8-4-7-14(18)19/h3,5-6,9-11H,4,7-8,16H2,1-2H3,(H,17,20)/t10-,11?/m1/s1. The van der Waals surface area contributed by atoms with E-state index < -0.39 is 6.04 Å². The Morgan fingerprint density at radius 3 is 2.75 bits per heavy atom. The molecule has 1 heterocycles. The molecule has 0 radical (unpaired) electrons. The first-order valence-corrected chi connectivity index (χ1v) is 6.95. The monoisotopic (exact) mass is 275 g/mol. The normalized spacial score (nSPS) is 17.9. The van der Waals surface area contributed by atoms with Crippen molar-refractivity contribution in [2.75, 3.05) is 11.4 Å². The lowest BCUT2D eigenvalue weighted by atomic mass is 10.1. The maximum Gasteiger partial charge on any atom is 0.237 e. The number of rotatable bonds is 4. The molecule has 3 N–H and O–H groups in total. The molecule has 0 aromatic heterocycles. The average molecular weight is 275 g/mol. The van der Waals surface area contributed by atoms with Gasteiger partial charge in [-0.2, -0.15) is 0 Å². The SMILES string of the molecule is CC(NC(=O)[C@@H](C)N)c1cccc(N2CCCC2=O)c1.